The standard InChI is InChI=1S/C17H28O8/c1-3-15(20)23-11-13(9-7-5-6-8-10-14(18)19)17(22)25-12-24-16(21)4-2/h13H,3-12H2,1-2H3,(H,18,19). The zero-order valence-electron chi connectivity index (χ0n) is 15.0. The molecule has 1 atom stereocenters. The van der Waals surface area contributed by atoms with Crippen LogP contribution in [-0.4, -0.2) is 42.4 Å². The highest BCUT2D eigenvalue weighted by Gasteiger charge is 2.22. The van der Waals surface area contributed by atoms with Crippen LogP contribution in [0.4, 0.5) is 0 Å². The Bertz CT molecular complexity index is 432. The van der Waals surface area contributed by atoms with Gasteiger partial charge in [-0.2, -0.15) is 0 Å². The largest absolute Gasteiger partial charge is 0.481 e. The molecule has 25 heavy (non-hydrogen) atoms. The van der Waals surface area contributed by atoms with E-state index in [9.17, 15) is 19.2 Å². The van der Waals surface area contributed by atoms with Crippen LogP contribution in [0.15, 0.2) is 0 Å². The van der Waals surface area contributed by atoms with Crippen molar-refractivity contribution in [3.63, 3.8) is 0 Å². The van der Waals surface area contributed by atoms with E-state index in [-0.39, 0.29) is 25.9 Å². The predicted molar refractivity (Wildman–Crippen MR) is 87.4 cm³/mol. The molecule has 0 spiro atoms. The zero-order chi connectivity index (χ0) is 19.1. The normalized spacial score (nSPS) is 11.4. The Morgan fingerprint density at radius 1 is 0.840 bits per heavy atom. The van der Waals surface area contributed by atoms with Crippen molar-refractivity contribution < 1.29 is 38.5 Å². The maximum Gasteiger partial charge on any atom is 0.315 e. The van der Waals surface area contributed by atoms with Crippen LogP contribution in [-0.2, 0) is 33.4 Å². The topological polar surface area (TPSA) is 116 Å². The Morgan fingerprint density at radius 3 is 2.04 bits per heavy atom. The summed E-state index contributed by atoms with van der Waals surface area (Å²) in [4.78, 5) is 44.7. The van der Waals surface area contributed by atoms with Gasteiger partial charge in [-0.3, -0.25) is 19.2 Å². The van der Waals surface area contributed by atoms with Gasteiger partial charge in [0.25, 0.3) is 0 Å². The van der Waals surface area contributed by atoms with Crippen LogP contribution < -0.4 is 0 Å². The second-order valence-electron chi connectivity index (χ2n) is 5.53. The molecule has 0 aliphatic carbocycles. The highest BCUT2D eigenvalue weighted by Crippen LogP contribution is 2.15. The fourth-order valence-corrected chi connectivity index (χ4v) is 1.96. The number of unbranched alkanes of at least 4 members (excludes halogenated alkanes) is 3. The number of hydrogen-bond donors (Lipinski definition) is 1. The van der Waals surface area contributed by atoms with Gasteiger partial charge in [0.15, 0.2) is 0 Å². The Hall–Kier alpha value is -2.12. The number of ether oxygens (including phenoxy) is 3. The summed E-state index contributed by atoms with van der Waals surface area (Å²) in [5, 5.41) is 8.57. The van der Waals surface area contributed by atoms with E-state index in [0.717, 1.165) is 12.8 Å². The number of carboxylic acid groups (broad SMARTS) is 1. The Morgan fingerprint density at radius 2 is 1.44 bits per heavy atom. The lowest BCUT2D eigenvalue weighted by Gasteiger charge is -2.16. The molecule has 0 rings (SSSR count). The lowest BCUT2D eigenvalue weighted by Crippen LogP contribution is -2.25. The SMILES string of the molecule is CCC(=O)OCOC(=O)C(CCCCCCC(=O)O)COC(=O)CC. The molecule has 0 heterocycles. The molecule has 1 N–H and O–H groups in total. The molecule has 0 aromatic heterocycles. The van der Waals surface area contributed by atoms with Crippen LogP contribution in [0.3, 0.4) is 0 Å². The quantitative estimate of drug-likeness (QED) is 0.285. The average molecular weight is 360 g/mol. The maximum absolute atomic E-state index is 12.0. The molecule has 0 saturated carbocycles. The molecule has 0 aromatic carbocycles. The lowest BCUT2D eigenvalue weighted by molar-refractivity contribution is -0.172. The summed E-state index contributed by atoms with van der Waals surface area (Å²) in [6, 6.07) is 0. The first-order chi connectivity index (χ1) is 11.9. The van der Waals surface area contributed by atoms with E-state index >= 15 is 0 Å². The molecular weight excluding hydrogens is 332 g/mol. The molecule has 0 saturated heterocycles. The molecule has 0 aliphatic heterocycles. The fraction of sp³-hybridized carbons (Fsp3) is 0.765. The first-order valence-corrected chi connectivity index (χ1v) is 8.60. The van der Waals surface area contributed by atoms with E-state index in [2.05, 4.69) is 0 Å². The highest BCUT2D eigenvalue weighted by molar-refractivity contribution is 5.74. The van der Waals surface area contributed by atoms with E-state index in [1.807, 2.05) is 0 Å². The third kappa shape index (κ3) is 12.9. The van der Waals surface area contributed by atoms with Crippen molar-refractivity contribution >= 4 is 23.9 Å². The van der Waals surface area contributed by atoms with Crippen LogP contribution in [0.25, 0.3) is 0 Å². The monoisotopic (exact) mass is 360 g/mol. The number of carbonyl (C=O) groups excluding carboxylic acids is 3. The number of esters is 3. The van der Waals surface area contributed by atoms with Gasteiger partial charge >= 0.3 is 23.9 Å². The van der Waals surface area contributed by atoms with Crippen molar-refractivity contribution in [3.05, 3.63) is 0 Å². The minimum Gasteiger partial charge on any atom is -0.481 e. The maximum atomic E-state index is 12.0. The highest BCUT2D eigenvalue weighted by atomic mass is 16.7. The van der Waals surface area contributed by atoms with Gasteiger partial charge in [-0.1, -0.05) is 33.1 Å². The molecule has 144 valence electrons. The Balaban J connectivity index is 4.24. The first-order valence-electron chi connectivity index (χ1n) is 8.60. The molecule has 0 bridgehead atoms. The molecule has 8 heteroatoms. The van der Waals surface area contributed by atoms with Crippen molar-refractivity contribution in [1.29, 1.82) is 0 Å². The molecule has 0 radical (unpaired) electrons. The van der Waals surface area contributed by atoms with Crippen molar-refractivity contribution in [3.8, 4) is 0 Å². The van der Waals surface area contributed by atoms with Crippen molar-refractivity contribution in [2.45, 2.75) is 65.2 Å². The van der Waals surface area contributed by atoms with Crippen molar-refractivity contribution in [1.82, 2.24) is 0 Å². The van der Waals surface area contributed by atoms with Crippen LogP contribution >= 0.6 is 0 Å². The molecule has 0 fully saturated rings. The van der Waals surface area contributed by atoms with E-state index < -0.39 is 36.6 Å². The fourth-order valence-electron chi connectivity index (χ4n) is 1.96. The van der Waals surface area contributed by atoms with Crippen LogP contribution in [0, 0.1) is 5.92 Å². The van der Waals surface area contributed by atoms with Gasteiger partial charge < -0.3 is 19.3 Å². The van der Waals surface area contributed by atoms with Gasteiger partial charge in [0.05, 0.1) is 5.92 Å². The van der Waals surface area contributed by atoms with Gasteiger partial charge in [-0.15, -0.1) is 0 Å². The number of rotatable bonds is 14. The smallest absolute Gasteiger partial charge is 0.315 e. The van der Waals surface area contributed by atoms with Crippen LogP contribution in [0.1, 0.15) is 65.2 Å². The molecule has 8 nitrogen and oxygen atoms in total. The summed E-state index contributed by atoms with van der Waals surface area (Å²) in [6.45, 7) is 2.74. The molecule has 0 amide bonds. The second-order valence-corrected chi connectivity index (χ2v) is 5.53. The van der Waals surface area contributed by atoms with E-state index in [4.69, 9.17) is 19.3 Å². The zero-order valence-corrected chi connectivity index (χ0v) is 15.0. The summed E-state index contributed by atoms with van der Waals surface area (Å²) in [5.74, 6) is -2.92. The van der Waals surface area contributed by atoms with Gasteiger partial charge in [0.2, 0.25) is 6.79 Å². The molecule has 0 aromatic rings. The van der Waals surface area contributed by atoms with Gasteiger partial charge in [0.1, 0.15) is 6.61 Å². The van der Waals surface area contributed by atoms with E-state index in [1.165, 1.54) is 0 Å². The van der Waals surface area contributed by atoms with Crippen molar-refractivity contribution in [2.75, 3.05) is 13.4 Å². The first kappa shape index (κ1) is 22.9. The number of carboxylic acids is 1. The second kappa shape index (κ2) is 14.2. The summed E-state index contributed by atoms with van der Waals surface area (Å²) in [7, 11) is 0. The minimum atomic E-state index is -0.824. The number of carbonyl (C=O) groups is 4. The molecule has 1 unspecified atom stereocenters. The van der Waals surface area contributed by atoms with E-state index in [0.29, 0.717) is 19.3 Å². The van der Waals surface area contributed by atoms with Gasteiger partial charge in [0, 0.05) is 19.3 Å². The predicted octanol–water partition coefficient (Wildman–Crippen LogP) is 2.43. The summed E-state index contributed by atoms with van der Waals surface area (Å²) < 4.78 is 14.6. The summed E-state index contributed by atoms with van der Waals surface area (Å²) in [6.07, 6.45) is 3.75. The Labute approximate surface area is 147 Å². The average Bonchev–Trinajstić information content (AvgIpc) is 2.59. The van der Waals surface area contributed by atoms with Gasteiger partial charge in [-0.25, -0.2) is 0 Å². The van der Waals surface area contributed by atoms with Crippen LogP contribution in [0.5, 0.6) is 0 Å². The molecular formula is C17H28O8. The van der Waals surface area contributed by atoms with Gasteiger partial charge in [-0.05, 0) is 12.8 Å². The lowest BCUT2D eigenvalue weighted by atomic mass is 10.0. The molecule has 0 aliphatic rings. The number of hydrogen-bond acceptors (Lipinski definition) is 7. The Kier molecular flexibility index (Phi) is 13.0. The third-order valence-corrected chi connectivity index (χ3v) is 3.47. The summed E-state index contributed by atoms with van der Waals surface area (Å²) >= 11 is 0. The number of aliphatic carboxylic acids is 1. The summed E-state index contributed by atoms with van der Waals surface area (Å²) in [5.41, 5.74) is 0. The third-order valence-electron chi connectivity index (χ3n) is 3.47. The van der Waals surface area contributed by atoms with E-state index in [1.54, 1.807) is 13.8 Å². The van der Waals surface area contributed by atoms with Crippen LogP contribution in [0.2, 0.25) is 0 Å². The minimum absolute atomic E-state index is 0.0810. The van der Waals surface area contributed by atoms with Crippen molar-refractivity contribution in [2.24, 2.45) is 5.92 Å².